The first-order chi connectivity index (χ1) is 11.5. The molecule has 1 aliphatic rings. The Morgan fingerprint density at radius 1 is 1.08 bits per heavy atom. The molecular weight excluding hydrogens is 304 g/mol. The normalized spacial score (nSPS) is 17.4. The third-order valence-electron chi connectivity index (χ3n) is 4.08. The number of hydrogen-bond donors (Lipinski definition) is 5. The second-order valence-electron chi connectivity index (χ2n) is 6.25. The summed E-state index contributed by atoms with van der Waals surface area (Å²) in [7, 11) is 0. The molecule has 0 aromatic heterocycles. The van der Waals surface area contributed by atoms with E-state index in [4.69, 9.17) is 22.6 Å². The number of guanidine groups is 3. The monoisotopic (exact) mass is 338 g/mol. The van der Waals surface area contributed by atoms with Gasteiger partial charge >= 0.3 is 0 Å². The van der Waals surface area contributed by atoms with Crippen LogP contribution < -0.4 is 22.5 Å². The van der Waals surface area contributed by atoms with Gasteiger partial charge in [-0.1, -0.05) is 64.7 Å². The molecule has 8 heteroatoms. The summed E-state index contributed by atoms with van der Waals surface area (Å²) in [6.07, 6.45) is 12.2. The SMILES string of the molecule is CCCCCCCCCCCCN1C(NC(=N)N)=NC(N)=NC1N. The topological polar surface area (TPSA) is 142 Å². The minimum absolute atomic E-state index is 0.102. The van der Waals surface area contributed by atoms with E-state index in [-0.39, 0.29) is 11.9 Å². The Bertz CT molecular complexity index is 432. The van der Waals surface area contributed by atoms with Crippen LogP contribution in [0.1, 0.15) is 71.1 Å². The molecule has 0 aromatic carbocycles. The highest BCUT2D eigenvalue weighted by Gasteiger charge is 2.22. The fourth-order valence-electron chi connectivity index (χ4n) is 2.76. The minimum atomic E-state index is -0.581. The van der Waals surface area contributed by atoms with Crippen LogP contribution in [0, 0.1) is 5.41 Å². The smallest absolute Gasteiger partial charge is 0.221 e. The van der Waals surface area contributed by atoms with Crippen LogP contribution in [-0.4, -0.2) is 35.6 Å². The first kappa shape index (κ1) is 20.2. The largest absolute Gasteiger partial charge is 0.370 e. The molecule has 0 radical (unpaired) electrons. The lowest BCUT2D eigenvalue weighted by Crippen LogP contribution is -2.56. The summed E-state index contributed by atoms with van der Waals surface area (Å²) >= 11 is 0. The number of rotatable bonds is 11. The van der Waals surface area contributed by atoms with Crippen LogP contribution in [0.2, 0.25) is 0 Å². The molecule has 0 saturated carbocycles. The van der Waals surface area contributed by atoms with Crippen molar-refractivity contribution in [2.45, 2.75) is 77.4 Å². The zero-order chi connectivity index (χ0) is 17.8. The molecule has 1 unspecified atom stereocenters. The van der Waals surface area contributed by atoms with Gasteiger partial charge in [-0.2, -0.15) is 4.99 Å². The molecule has 1 heterocycles. The predicted octanol–water partition coefficient (Wildman–Crippen LogP) is 1.62. The van der Waals surface area contributed by atoms with Gasteiger partial charge in [0.25, 0.3) is 0 Å². The van der Waals surface area contributed by atoms with Crippen LogP contribution in [-0.2, 0) is 0 Å². The van der Waals surface area contributed by atoms with Crippen molar-refractivity contribution < 1.29 is 0 Å². The number of nitrogens with two attached hydrogens (primary N) is 3. The summed E-state index contributed by atoms with van der Waals surface area (Å²) in [6.45, 7) is 2.96. The Morgan fingerprint density at radius 2 is 1.62 bits per heavy atom. The van der Waals surface area contributed by atoms with Crippen molar-refractivity contribution in [3.63, 3.8) is 0 Å². The number of aliphatic imine (C=N–C) groups is 2. The Kier molecular flexibility index (Phi) is 9.83. The van der Waals surface area contributed by atoms with E-state index in [1.807, 2.05) is 0 Å². The highest BCUT2D eigenvalue weighted by atomic mass is 15.5. The molecule has 0 fully saturated rings. The molecule has 0 aromatic rings. The number of unbranched alkanes of at least 4 members (excludes halogenated alkanes) is 9. The van der Waals surface area contributed by atoms with Gasteiger partial charge in [0.2, 0.25) is 11.9 Å². The van der Waals surface area contributed by atoms with Crippen molar-refractivity contribution in [3.8, 4) is 0 Å². The van der Waals surface area contributed by atoms with Crippen molar-refractivity contribution >= 4 is 17.9 Å². The van der Waals surface area contributed by atoms with E-state index < -0.39 is 6.29 Å². The van der Waals surface area contributed by atoms with Crippen LogP contribution in [0.3, 0.4) is 0 Å². The number of nitrogens with zero attached hydrogens (tertiary/aromatic N) is 3. The molecule has 0 aliphatic carbocycles. The van der Waals surface area contributed by atoms with Gasteiger partial charge < -0.3 is 16.4 Å². The lowest BCUT2D eigenvalue weighted by Gasteiger charge is -2.31. The van der Waals surface area contributed by atoms with Gasteiger partial charge in [0.05, 0.1) is 0 Å². The van der Waals surface area contributed by atoms with Crippen molar-refractivity contribution in [2.75, 3.05) is 6.54 Å². The first-order valence-electron chi connectivity index (χ1n) is 9.09. The zero-order valence-electron chi connectivity index (χ0n) is 14.9. The highest BCUT2D eigenvalue weighted by molar-refractivity contribution is 6.03. The maximum absolute atomic E-state index is 7.34. The van der Waals surface area contributed by atoms with Crippen molar-refractivity contribution in [1.82, 2.24) is 10.2 Å². The van der Waals surface area contributed by atoms with Gasteiger partial charge in [-0.15, -0.1) is 0 Å². The summed E-state index contributed by atoms with van der Waals surface area (Å²) in [6, 6.07) is 0. The third-order valence-corrected chi connectivity index (χ3v) is 4.08. The predicted molar refractivity (Wildman–Crippen MR) is 101 cm³/mol. The average Bonchev–Trinajstić information content (AvgIpc) is 2.50. The van der Waals surface area contributed by atoms with E-state index in [9.17, 15) is 0 Å². The van der Waals surface area contributed by atoms with Gasteiger partial charge in [0.15, 0.2) is 12.2 Å². The second-order valence-corrected chi connectivity index (χ2v) is 6.25. The Labute approximate surface area is 145 Å². The van der Waals surface area contributed by atoms with Crippen LogP contribution in [0.25, 0.3) is 0 Å². The van der Waals surface area contributed by atoms with Gasteiger partial charge in [-0.3, -0.25) is 16.5 Å². The Balaban J connectivity index is 2.19. The Morgan fingerprint density at radius 3 is 2.17 bits per heavy atom. The van der Waals surface area contributed by atoms with E-state index in [1.54, 1.807) is 4.90 Å². The molecule has 8 N–H and O–H groups in total. The van der Waals surface area contributed by atoms with Crippen LogP contribution in [0.15, 0.2) is 9.98 Å². The van der Waals surface area contributed by atoms with Gasteiger partial charge in [0, 0.05) is 6.54 Å². The molecule has 138 valence electrons. The van der Waals surface area contributed by atoms with E-state index in [1.165, 1.54) is 51.4 Å². The summed E-state index contributed by atoms with van der Waals surface area (Å²) < 4.78 is 0. The molecule has 0 bridgehead atoms. The fourth-order valence-corrected chi connectivity index (χ4v) is 2.76. The molecular formula is C16H34N8. The van der Waals surface area contributed by atoms with Gasteiger partial charge in [-0.05, 0) is 6.42 Å². The molecule has 1 aliphatic heterocycles. The van der Waals surface area contributed by atoms with Crippen molar-refractivity contribution in [3.05, 3.63) is 0 Å². The Hall–Kier alpha value is -1.83. The van der Waals surface area contributed by atoms with E-state index in [0.717, 1.165) is 12.8 Å². The average molecular weight is 339 g/mol. The fraction of sp³-hybridized carbons (Fsp3) is 0.812. The summed E-state index contributed by atoms with van der Waals surface area (Å²) in [5.74, 6) is 0.313. The number of hydrogen-bond acceptors (Lipinski definition) is 6. The van der Waals surface area contributed by atoms with Crippen molar-refractivity contribution in [2.24, 2.45) is 27.2 Å². The summed E-state index contributed by atoms with van der Waals surface area (Å²) in [5.41, 5.74) is 17.0. The van der Waals surface area contributed by atoms with E-state index in [2.05, 4.69) is 22.2 Å². The summed E-state index contributed by atoms with van der Waals surface area (Å²) in [4.78, 5) is 9.92. The maximum atomic E-state index is 7.34. The minimum Gasteiger partial charge on any atom is -0.370 e. The van der Waals surface area contributed by atoms with Crippen LogP contribution in [0.5, 0.6) is 0 Å². The molecule has 0 saturated heterocycles. The molecule has 1 atom stereocenters. The zero-order valence-corrected chi connectivity index (χ0v) is 14.9. The lowest BCUT2D eigenvalue weighted by molar-refractivity contribution is 0.305. The van der Waals surface area contributed by atoms with Gasteiger partial charge in [0.1, 0.15) is 0 Å². The molecule has 0 amide bonds. The van der Waals surface area contributed by atoms with E-state index in [0.29, 0.717) is 12.5 Å². The lowest BCUT2D eigenvalue weighted by atomic mass is 10.1. The molecule has 0 spiro atoms. The molecule has 24 heavy (non-hydrogen) atoms. The maximum Gasteiger partial charge on any atom is 0.221 e. The van der Waals surface area contributed by atoms with E-state index >= 15 is 0 Å². The first-order valence-corrected chi connectivity index (χ1v) is 9.09. The second kappa shape index (κ2) is 11.7. The highest BCUT2D eigenvalue weighted by Crippen LogP contribution is 2.12. The summed E-state index contributed by atoms with van der Waals surface area (Å²) in [5, 5.41) is 10.0. The molecule has 8 nitrogen and oxygen atoms in total. The third kappa shape index (κ3) is 8.14. The van der Waals surface area contributed by atoms with Gasteiger partial charge in [-0.25, -0.2) is 4.99 Å². The molecule has 1 rings (SSSR count). The van der Waals surface area contributed by atoms with Crippen LogP contribution >= 0.6 is 0 Å². The number of nitrogens with one attached hydrogen (secondary N) is 2. The van der Waals surface area contributed by atoms with Crippen molar-refractivity contribution in [1.29, 1.82) is 5.41 Å². The van der Waals surface area contributed by atoms with Crippen LogP contribution in [0.4, 0.5) is 0 Å². The quantitative estimate of drug-likeness (QED) is 0.221. The standard InChI is InChI=1S/C16H34N8/c1-2-3-4-5-6-7-8-9-10-11-12-24-15(20)22-14(19)23-16(24)21-13(17)18/h15H,2-12,20H2,1H3,(H6,17,18,19,21,22,23).